The number of halogens is 3. The minimum absolute atomic E-state index is 0.146. The molecule has 0 aliphatic carbocycles. The van der Waals surface area contributed by atoms with Gasteiger partial charge in [-0.1, -0.05) is 60.1 Å². The van der Waals surface area contributed by atoms with Gasteiger partial charge in [0.1, 0.15) is 11.7 Å². The Morgan fingerprint density at radius 1 is 0.903 bits per heavy atom. The highest BCUT2D eigenvalue weighted by molar-refractivity contribution is 6.30. The van der Waals surface area contributed by atoms with Crippen molar-refractivity contribution in [3.8, 4) is 0 Å². The molecule has 0 saturated carbocycles. The normalized spacial score (nSPS) is 21.2. The topological polar surface area (TPSA) is 30.5 Å². The van der Waals surface area contributed by atoms with Crippen LogP contribution in [0.25, 0.3) is 0 Å². The first-order chi connectivity index (χ1) is 15.1. The van der Waals surface area contributed by atoms with Crippen molar-refractivity contribution >= 4 is 11.6 Å². The molecule has 2 atom stereocenters. The highest BCUT2D eigenvalue weighted by atomic mass is 35.5. The summed E-state index contributed by atoms with van der Waals surface area (Å²) in [6, 6.07) is 21.4. The lowest BCUT2D eigenvalue weighted by Gasteiger charge is -2.44. The van der Waals surface area contributed by atoms with E-state index >= 15 is 0 Å². The SMILES string of the molecule is Fc1ccc(COC2CNCCC2(OCc2ccccc2)c2ccc(Cl)cc2)cc1F. The molecule has 1 aliphatic rings. The van der Waals surface area contributed by atoms with Crippen LogP contribution in [0.3, 0.4) is 0 Å². The maximum atomic E-state index is 13.6. The van der Waals surface area contributed by atoms with E-state index in [0.29, 0.717) is 30.2 Å². The van der Waals surface area contributed by atoms with Crippen molar-refractivity contribution < 1.29 is 18.3 Å². The van der Waals surface area contributed by atoms with Gasteiger partial charge in [0.2, 0.25) is 0 Å². The highest BCUT2D eigenvalue weighted by Gasteiger charge is 2.44. The van der Waals surface area contributed by atoms with E-state index in [0.717, 1.165) is 23.7 Å². The largest absolute Gasteiger partial charge is 0.369 e. The van der Waals surface area contributed by atoms with Crippen LogP contribution in [-0.2, 0) is 28.3 Å². The predicted octanol–water partition coefficient (Wildman–Crippen LogP) is 5.61. The summed E-state index contributed by atoms with van der Waals surface area (Å²) >= 11 is 6.12. The fraction of sp³-hybridized carbons (Fsp3) is 0.280. The molecule has 0 radical (unpaired) electrons. The predicted molar refractivity (Wildman–Crippen MR) is 117 cm³/mol. The highest BCUT2D eigenvalue weighted by Crippen LogP contribution is 2.38. The molecule has 3 aromatic rings. The molecule has 2 unspecified atom stereocenters. The van der Waals surface area contributed by atoms with Gasteiger partial charge in [0.25, 0.3) is 0 Å². The second kappa shape index (κ2) is 9.88. The van der Waals surface area contributed by atoms with Gasteiger partial charge >= 0.3 is 0 Å². The molecule has 1 fully saturated rings. The molecular formula is C25H24ClF2NO2. The molecule has 1 N–H and O–H groups in total. The van der Waals surface area contributed by atoms with Crippen LogP contribution >= 0.6 is 11.6 Å². The molecule has 0 spiro atoms. The molecule has 3 nitrogen and oxygen atoms in total. The molecule has 0 bridgehead atoms. The van der Waals surface area contributed by atoms with Crippen molar-refractivity contribution in [2.24, 2.45) is 0 Å². The molecule has 162 valence electrons. The monoisotopic (exact) mass is 443 g/mol. The van der Waals surface area contributed by atoms with Crippen LogP contribution in [0.15, 0.2) is 72.8 Å². The molecule has 3 aromatic carbocycles. The third kappa shape index (κ3) is 5.13. The summed E-state index contributed by atoms with van der Waals surface area (Å²) in [5.74, 6) is -1.75. The second-order valence-electron chi connectivity index (χ2n) is 7.67. The molecule has 4 rings (SSSR count). The van der Waals surface area contributed by atoms with Crippen LogP contribution in [0, 0.1) is 11.6 Å². The summed E-state index contributed by atoms with van der Waals surface area (Å²) in [6.45, 7) is 1.91. The summed E-state index contributed by atoms with van der Waals surface area (Å²) in [7, 11) is 0. The second-order valence-corrected chi connectivity index (χ2v) is 8.11. The van der Waals surface area contributed by atoms with Crippen molar-refractivity contribution in [1.29, 1.82) is 0 Å². The standard InChI is InChI=1S/C25H24ClF2NO2/c26-21-9-7-20(8-10-21)25(31-17-18-4-2-1-3-5-18)12-13-29-15-24(25)30-16-19-6-11-22(27)23(28)14-19/h1-11,14,24,29H,12-13,15-17H2. The van der Waals surface area contributed by atoms with E-state index in [9.17, 15) is 8.78 Å². The van der Waals surface area contributed by atoms with E-state index in [1.54, 1.807) is 0 Å². The Bertz CT molecular complexity index is 1000. The van der Waals surface area contributed by atoms with E-state index < -0.39 is 17.2 Å². The van der Waals surface area contributed by atoms with E-state index in [4.69, 9.17) is 21.1 Å². The lowest BCUT2D eigenvalue weighted by atomic mass is 9.82. The van der Waals surface area contributed by atoms with Crippen molar-refractivity contribution in [1.82, 2.24) is 5.32 Å². The lowest BCUT2D eigenvalue weighted by molar-refractivity contribution is -0.176. The number of hydrogen-bond acceptors (Lipinski definition) is 3. The van der Waals surface area contributed by atoms with Crippen LogP contribution in [0.5, 0.6) is 0 Å². The fourth-order valence-electron chi connectivity index (χ4n) is 3.95. The number of ether oxygens (including phenoxy) is 2. The lowest BCUT2D eigenvalue weighted by Crippen LogP contribution is -2.54. The van der Waals surface area contributed by atoms with Crippen molar-refractivity contribution in [2.45, 2.75) is 31.3 Å². The summed E-state index contributed by atoms with van der Waals surface area (Å²) in [4.78, 5) is 0. The first-order valence-corrected chi connectivity index (χ1v) is 10.6. The van der Waals surface area contributed by atoms with Crippen LogP contribution in [0.4, 0.5) is 8.78 Å². The minimum atomic E-state index is -0.882. The van der Waals surface area contributed by atoms with E-state index in [-0.39, 0.29) is 12.7 Å². The summed E-state index contributed by atoms with van der Waals surface area (Å²) in [5.41, 5.74) is 1.90. The fourth-order valence-corrected chi connectivity index (χ4v) is 4.08. The smallest absolute Gasteiger partial charge is 0.159 e. The summed E-state index contributed by atoms with van der Waals surface area (Å²) in [6.07, 6.45) is 0.364. The number of rotatable bonds is 7. The average molecular weight is 444 g/mol. The first kappa shape index (κ1) is 21.9. The van der Waals surface area contributed by atoms with Crippen LogP contribution < -0.4 is 5.32 Å². The first-order valence-electron chi connectivity index (χ1n) is 10.3. The Morgan fingerprint density at radius 3 is 2.42 bits per heavy atom. The number of benzene rings is 3. The number of hydrogen-bond donors (Lipinski definition) is 1. The molecule has 0 amide bonds. The van der Waals surface area contributed by atoms with Gasteiger partial charge in [-0.05, 0) is 53.9 Å². The van der Waals surface area contributed by atoms with Gasteiger partial charge < -0.3 is 14.8 Å². The Kier molecular flexibility index (Phi) is 6.98. The zero-order valence-electron chi connectivity index (χ0n) is 17.0. The Balaban J connectivity index is 1.60. The average Bonchev–Trinajstić information content (AvgIpc) is 2.80. The Hall–Kier alpha value is -2.31. The maximum absolute atomic E-state index is 13.6. The molecular weight excluding hydrogens is 420 g/mol. The minimum Gasteiger partial charge on any atom is -0.369 e. The van der Waals surface area contributed by atoms with E-state index in [1.807, 2.05) is 54.6 Å². The van der Waals surface area contributed by atoms with Crippen LogP contribution in [0.2, 0.25) is 5.02 Å². The molecule has 31 heavy (non-hydrogen) atoms. The van der Waals surface area contributed by atoms with Crippen molar-refractivity contribution in [3.05, 3.63) is 106 Å². The molecule has 6 heteroatoms. The number of nitrogens with one attached hydrogen (secondary N) is 1. The van der Waals surface area contributed by atoms with Crippen molar-refractivity contribution in [3.63, 3.8) is 0 Å². The number of piperidine rings is 1. The van der Waals surface area contributed by atoms with Gasteiger partial charge in [-0.15, -0.1) is 0 Å². The maximum Gasteiger partial charge on any atom is 0.159 e. The molecule has 1 saturated heterocycles. The third-order valence-corrected chi connectivity index (χ3v) is 5.88. The van der Waals surface area contributed by atoms with E-state index in [2.05, 4.69) is 5.32 Å². The van der Waals surface area contributed by atoms with Crippen LogP contribution in [0.1, 0.15) is 23.1 Å². The van der Waals surface area contributed by atoms with Gasteiger partial charge in [0.15, 0.2) is 11.6 Å². The molecule has 1 heterocycles. The summed E-state index contributed by atoms with van der Waals surface area (Å²) < 4.78 is 39.7. The van der Waals surface area contributed by atoms with Gasteiger partial charge in [-0.25, -0.2) is 8.78 Å². The molecule has 0 aromatic heterocycles. The zero-order chi connectivity index (χ0) is 21.7. The van der Waals surface area contributed by atoms with Gasteiger partial charge in [-0.3, -0.25) is 0 Å². The van der Waals surface area contributed by atoms with Gasteiger partial charge in [0.05, 0.1) is 13.2 Å². The summed E-state index contributed by atoms with van der Waals surface area (Å²) in [5, 5.41) is 4.01. The molecule has 1 aliphatic heterocycles. The third-order valence-electron chi connectivity index (χ3n) is 5.63. The van der Waals surface area contributed by atoms with Crippen LogP contribution in [-0.4, -0.2) is 19.2 Å². The van der Waals surface area contributed by atoms with Gasteiger partial charge in [-0.2, -0.15) is 0 Å². The quantitative estimate of drug-likeness (QED) is 0.515. The Morgan fingerprint density at radius 2 is 1.68 bits per heavy atom. The Labute approximate surface area is 186 Å². The zero-order valence-corrected chi connectivity index (χ0v) is 17.7. The van der Waals surface area contributed by atoms with Crippen molar-refractivity contribution in [2.75, 3.05) is 13.1 Å². The van der Waals surface area contributed by atoms with Gasteiger partial charge in [0, 0.05) is 11.6 Å². The van der Waals surface area contributed by atoms with E-state index in [1.165, 1.54) is 12.1 Å².